The van der Waals surface area contributed by atoms with Crippen LogP contribution in [0.1, 0.15) is 11.4 Å². The van der Waals surface area contributed by atoms with E-state index < -0.39 is 4.92 Å². The molecule has 0 bridgehead atoms. The standard InChI is InChI=1S/C10H10N4O4/c11-4-7-1-2-8(14(15)16)9(3-7)17-5-10-12-6-18-13-10/h1-3,6H,4-5,11H2. The number of nitro groups is 1. The molecule has 2 rings (SSSR count). The third-order valence-corrected chi connectivity index (χ3v) is 2.22. The van der Waals surface area contributed by atoms with Gasteiger partial charge in [0.25, 0.3) is 0 Å². The number of hydrogen-bond donors (Lipinski definition) is 1. The molecule has 0 unspecified atom stereocenters. The maximum atomic E-state index is 10.8. The predicted octanol–water partition coefficient (Wildman–Crippen LogP) is 1.02. The van der Waals surface area contributed by atoms with Crippen LogP contribution < -0.4 is 10.5 Å². The molecule has 0 atom stereocenters. The number of rotatable bonds is 5. The van der Waals surface area contributed by atoms with Crippen LogP contribution in [0.25, 0.3) is 0 Å². The average Bonchev–Trinajstić information content (AvgIpc) is 2.88. The van der Waals surface area contributed by atoms with Gasteiger partial charge in [0, 0.05) is 12.6 Å². The molecule has 0 aliphatic rings. The smallest absolute Gasteiger partial charge is 0.310 e. The van der Waals surface area contributed by atoms with Gasteiger partial charge in [-0.15, -0.1) is 0 Å². The van der Waals surface area contributed by atoms with Gasteiger partial charge in [-0.1, -0.05) is 11.2 Å². The summed E-state index contributed by atoms with van der Waals surface area (Å²) < 4.78 is 9.83. The largest absolute Gasteiger partial charge is 0.478 e. The lowest BCUT2D eigenvalue weighted by Gasteiger charge is -2.06. The van der Waals surface area contributed by atoms with Gasteiger partial charge in [0.15, 0.2) is 12.4 Å². The summed E-state index contributed by atoms with van der Waals surface area (Å²) in [5.41, 5.74) is 6.08. The Morgan fingerprint density at radius 3 is 2.94 bits per heavy atom. The van der Waals surface area contributed by atoms with E-state index in [2.05, 4.69) is 14.7 Å². The van der Waals surface area contributed by atoms with Crippen LogP contribution in [-0.4, -0.2) is 15.1 Å². The molecule has 0 spiro atoms. The SMILES string of the molecule is NCc1ccc([N+](=O)[O-])c(OCc2ncon2)c1. The summed E-state index contributed by atoms with van der Waals surface area (Å²) in [5, 5.41) is 14.4. The van der Waals surface area contributed by atoms with Gasteiger partial charge in [-0.2, -0.15) is 4.98 Å². The highest BCUT2D eigenvalue weighted by molar-refractivity contribution is 5.48. The van der Waals surface area contributed by atoms with Gasteiger partial charge in [0.05, 0.1) is 4.92 Å². The Labute approximate surface area is 102 Å². The number of nitrogens with two attached hydrogens (primary N) is 1. The van der Waals surface area contributed by atoms with Crippen LogP contribution in [0, 0.1) is 10.1 Å². The van der Waals surface area contributed by atoms with Crippen LogP contribution in [0.5, 0.6) is 5.75 Å². The Balaban J connectivity index is 2.20. The minimum atomic E-state index is -0.522. The molecule has 0 saturated heterocycles. The van der Waals surface area contributed by atoms with Crippen molar-refractivity contribution in [2.45, 2.75) is 13.2 Å². The molecule has 2 N–H and O–H groups in total. The minimum Gasteiger partial charge on any atom is -0.478 e. The summed E-state index contributed by atoms with van der Waals surface area (Å²) in [6, 6.07) is 4.46. The van der Waals surface area contributed by atoms with E-state index >= 15 is 0 Å². The van der Waals surface area contributed by atoms with Crippen molar-refractivity contribution in [3.8, 4) is 5.75 Å². The molecule has 0 saturated carbocycles. The first-order valence-corrected chi connectivity index (χ1v) is 5.06. The van der Waals surface area contributed by atoms with E-state index in [4.69, 9.17) is 10.5 Å². The van der Waals surface area contributed by atoms with Gasteiger partial charge >= 0.3 is 5.69 Å². The molecule has 0 aliphatic heterocycles. The van der Waals surface area contributed by atoms with Crippen LogP contribution in [0.3, 0.4) is 0 Å². The van der Waals surface area contributed by atoms with Crippen molar-refractivity contribution in [2.75, 3.05) is 0 Å². The lowest BCUT2D eigenvalue weighted by atomic mass is 10.2. The fourth-order valence-electron chi connectivity index (χ4n) is 1.35. The maximum absolute atomic E-state index is 10.8. The summed E-state index contributed by atoms with van der Waals surface area (Å²) >= 11 is 0. The van der Waals surface area contributed by atoms with Crippen molar-refractivity contribution in [2.24, 2.45) is 5.73 Å². The topological polar surface area (TPSA) is 117 Å². The van der Waals surface area contributed by atoms with Gasteiger partial charge < -0.3 is 15.0 Å². The highest BCUT2D eigenvalue weighted by atomic mass is 16.6. The molecule has 8 nitrogen and oxygen atoms in total. The maximum Gasteiger partial charge on any atom is 0.310 e. The summed E-state index contributed by atoms with van der Waals surface area (Å²) in [6.45, 7) is 0.266. The van der Waals surface area contributed by atoms with E-state index in [1.165, 1.54) is 12.1 Å². The zero-order valence-electron chi connectivity index (χ0n) is 9.28. The van der Waals surface area contributed by atoms with Crippen LogP contribution in [0.15, 0.2) is 29.1 Å². The Morgan fingerprint density at radius 2 is 2.33 bits per heavy atom. The highest BCUT2D eigenvalue weighted by Gasteiger charge is 2.16. The van der Waals surface area contributed by atoms with Crippen LogP contribution in [-0.2, 0) is 13.2 Å². The molecule has 1 aromatic heterocycles. The van der Waals surface area contributed by atoms with Crippen molar-refractivity contribution in [1.29, 1.82) is 0 Å². The van der Waals surface area contributed by atoms with Crippen LogP contribution in [0.4, 0.5) is 5.69 Å². The van der Waals surface area contributed by atoms with Gasteiger partial charge in [-0.05, 0) is 11.6 Å². The van der Waals surface area contributed by atoms with Gasteiger partial charge in [-0.25, -0.2) is 0 Å². The molecule has 0 amide bonds. The molecule has 1 aromatic carbocycles. The fourth-order valence-corrected chi connectivity index (χ4v) is 1.35. The predicted molar refractivity (Wildman–Crippen MR) is 59.6 cm³/mol. The third-order valence-electron chi connectivity index (χ3n) is 2.22. The number of ether oxygens (including phenoxy) is 1. The summed E-state index contributed by atoms with van der Waals surface area (Å²) in [5.74, 6) is 0.440. The molecule has 0 fully saturated rings. The molecule has 8 heteroatoms. The Morgan fingerprint density at radius 1 is 1.50 bits per heavy atom. The second-order valence-corrected chi connectivity index (χ2v) is 3.40. The second kappa shape index (κ2) is 5.23. The summed E-state index contributed by atoms with van der Waals surface area (Å²) in [6.07, 6.45) is 1.16. The summed E-state index contributed by atoms with van der Waals surface area (Å²) in [4.78, 5) is 14.1. The number of nitro benzene ring substituents is 1. The lowest BCUT2D eigenvalue weighted by molar-refractivity contribution is -0.386. The number of benzene rings is 1. The van der Waals surface area contributed by atoms with Gasteiger partial charge in [0.1, 0.15) is 0 Å². The minimum absolute atomic E-state index is 0.00857. The van der Waals surface area contributed by atoms with Crippen LogP contribution >= 0.6 is 0 Å². The quantitative estimate of drug-likeness (QED) is 0.621. The molecule has 18 heavy (non-hydrogen) atoms. The van der Waals surface area contributed by atoms with E-state index in [0.29, 0.717) is 5.82 Å². The molecule has 1 heterocycles. The number of aromatic nitrogens is 2. The zero-order chi connectivity index (χ0) is 13.0. The van der Waals surface area contributed by atoms with Crippen LogP contribution in [0.2, 0.25) is 0 Å². The normalized spacial score (nSPS) is 10.3. The molecule has 0 aliphatic carbocycles. The van der Waals surface area contributed by atoms with E-state index in [1.54, 1.807) is 6.07 Å². The first kappa shape index (κ1) is 12.0. The molecular weight excluding hydrogens is 240 g/mol. The highest BCUT2D eigenvalue weighted by Crippen LogP contribution is 2.28. The van der Waals surface area contributed by atoms with E-state index in [0.717, 1.165) is 12.0 Å². The fraction of sp³-hybridized carbons (Fsp3) is 0.200. The Kier molecular flexibility index (Phi) is 3.49. The number of hydrogen-bond acceptors (Lipinski definition) is 7. The monoisotopic (exact) mass is 250 g/mol. The van der Waals surface area contributed by atoms with Gasteiger partial charge in [-0.3, -0.25) is 10.1 Å². The third kappa shape index (κ3) is 2.61. The first-order valence-electron chi connectivity index (χ1n) is 5.06. The second-order valence-electron chi connectivity index (χ2n) is 3.40. The molecule has 0 radical (unpaired) electrons. The lowest BCUT2D eigenvalue weighted by Crippen LogP contribution is -2.03. The molecular formula is C10H10N4O4. The van der Waals surface area contributed by atoms with E-state index in [1.807, 2.05) is 0 Å². The summed E-state index contributed by atoms with van der Waals surface area (Å²) in [7, 11) is 0. The number of nitrogens with zero attached hydrogens (tertiary/aromatic N) is 3. The van der Waals surface area contributed by atoms with Crippen molar-refractivity contribution in [1.82, 2.24) is 10.1 Å². The van der Waals surface area contributed by atoms with Crippen molar-refractivity contribution in [3.05, 3.63) is 46.1 Å². The Bertz CT molecular complexity index is 541. The molecule has 94 valence electrons. The zero-order valence-corrected chi connectivity index (χ0v) is 9.28. The van der Waals surface area contributed by atoms with E-state index in [-0.39, 0.29) is 24.6 Å². The van der Waals surface area contributed by atoms with Crippen molar-refractivity contribution in [3.63, 3.8) is 0 Å². The first-order chi connectivity index (χ1) is 8.70. The Hall–Kier alpha value is -2.48. The average molecular weight is 250 g/mol. The van der Waals surface area contributed by atoms with E-state index in [9.17, 15) is 10.1 Å². The van der Waals surface area contributed by atoms with Crippen molar-refractivity contribution >= 4 is 5.69 Å². The van der Waals surface area contributed by atoms with Gasteiger partial charge in [0.2, 0.25) is 12.2 Å². The molecule has 2 aromatic rings. The van der Waals surface area contributed by atoms with Crippen molar-refractivity contribution < 1.29 is 14.2 Å².